The van der Waals surface area contributed by atoms with Crippen molar-refractivity contribution in [3.63, 3.8) is 0 Å². The van der Waals surface area contributed by atoms with Crippen LogP contribution in [0.5, 0.6) is 0 Å². The first kappa shape index (κ1) is 44.7. The number of ketones is 2. The van der Waals surface area contributed by atoms with Gasteiger partial charge in [-0.25, -0.2) is 5.48 Å². The Bertz CT molecular complexity index is 653. The minimum Gasteiger partial charge on any atom is -0.394 e. The van der Waals surface area contributed by atoms with Crippen molar-refractivity contribution in [2.75, 3.05) is 19.8 Å². The van der Waals surface area contributed by atoms with E-state index in [1.54, 1.807) is 0 Å². The lowest BCUT2D eigenvalue weighted by molar-refractivity contribution is -0.133. The number of carbonyl (C=O) groups is 2. The van der Waals surface area contributed by atoms with E-state index < -0.39 is 5.92 Å². The molecule has 0 saturated heterocycles. The molecule has 0 aromatic rings. The van der Waals surface area contributed by atoms with E-state index in [9.17, 15) is 9.59 Å². The molecule has 0 aromatic carbocycles. The van der Waals surface area contributed by atoms with Gasteiger partial charge < -0.3 is 5.11 Å². The van der Waals surface area contributed by atoms with Crippen LogP contribution in [0.3, 0.4) is 0 Å². The number of Topliss-reactive ketones (excluding diaryl/α,β-unsaturated/α-hetero) is 2. The predicted molar refractivity (Wildman–Crippen MR) is 198 cm³/mol. The second kappa shape index (κ2) is 38.2. The SMILES string of the molecule is CCCCCCCC/C=C\CCCCCCCC(=O)C(CCNOCCO)C(=O)CCCCCCC/C=C\CCCCCCCC. The van der Waals surface area contributed by atoms with E-state index in [1.807, 2.05) is 0 Å². The number of hydrogen-bond acceptors (Lipinski definition) is 5. The van der Waals surface area contributed by atoms with Crippen molar-refractivity contribution in [3.05, 3.63) is 24.3 Å². The molecule has 0 radical (unpaired) electrons. The zero-order valence-electron chi connectivity index (χ0n) is 30.7. The van der Waals surface area contributed by atoms with Gasteiger partial charge in [-0.2, -0.15) is 0 Å². The summed E-state index contributed by atoms with van der Waals surface area (Å²) in [6.07, 6.45) is 42.9. The summed E-state index contributed by atoms with van der Waals surface area (Å²) in [7, 11) is 0. The monoisotopic (exact) mass is 648 g/mol. The van der Waals surface area contributed by atoms with Gasteiger partial charge in [-0.3, -0.25) is 14.4 Å². The number of nitrogens with one attached hydrogen (secondary N) is 1. The fourth-order valence-corrected chi connectivity index (χ4v) is 5.98. The molecule has 5 heteroatoms. The van der Waals surface area contributed by atoms with Gasteiger partial charge in [0.05, 0.1) is 19.1 Å². The topological polar surface area (TPSA) is 75.6 Å². The van der Waals surface area contributed by atoms with E-state index >= 15 is 0 Å². The molecule has 0 aromatic heterocycles. The van der Waals surface area contributed by atoms with Crippen molar-refractivity contribution >= 4 is 11.6 Å². The number of aliphatic hydroxyl groups excluding tert-OH is 1. The third-order valence-electron chi connectivity index (χ3n) is 8.98. The molecule has 0 spiro atoms. The molecule has 0 bridgehead atoms. The summed E-state index contributed by atoms with van der Waals surface area (Å²) >= 11 is 0. The number of carbonyl (C=O) groups excluding carboxylic acids is 2. The van der Waals surface area contributed by atoms with Crippen LogP contribution in [0.4, 0.5) is 0 Å². The number of rotatable bonds is 38. The molecule has 0 atom stereocenters. The Hall–Kier alpha value is -1.30. The molecule has 0 unspecified atom stereocenters. The van der Waals surface area contributed by atoms with Gasteiger partial charge in [-0.15, -0.1) is 0 Å². The van der Waals surface area contributed by atoms with Gasteiger partial charge in [0.25, 0.3) is 0 Å². The molecule has 0 fully saturated rings. The summed E-state index contributed by atoms with van der Waals surface area (Å²) < 4.78 is 0. The van der Waals surface area contributed by atoms with Crippen LogP contribution < -0.4 is 5.48 Å². The summed E-state index contributed by atoms with van der Waals surface area (Å²) in [5.74, 6) is -0.336. The molecule has 0 amide bonds. The number of aliphatic hydroxyl groups is 1. The van der Waals surface area contributed by atoms with Crippen molar-refractivity contribution < 1.29 is 19.5 Å². The van der Waals surface area contributed by atoms with E-state index in [4.69, 9.17) is 9.94 Å². The zero-order chi connectivity index (χ0) is 33.6. The molecule has 270 valence electrons. The normalized spacial score (nSPS) is 11.9. The molecule has 0 rings (SSSR count). The summed E-state index contributed by atoms with van der Waals surface area (Å²) in [5.41, 5.74) is 2.79. The molecule has 0 heterocycles. The van der Waals surface area contributed by atoms with E-state index in [0.29, 0.717) is 25.8 Å². The second-order valence-electron chi connectivity index (χ2n) is 13.4. The van der Waals surface area contributed by atoms with Crippen LogP contribution in [0.1, 0.15) is 200 Å². The average molecular weight is 648 g/mol. The number of unbranched alkanes of at least 4 members (excludes halogenated alkanes) is 22. The summed E-state index contributed by atoms with van der Waals surface area (Å²) in [5, 5.41) is 8.90. The Morgan fingerprint density at radius 3 is 1.26 bits per heavy atom. The van der Waals surface area contributed by atoms with Gasteiger partial charge in [0.15, 0.2) is 0 Å². The highest BCUT2D eigenvalue weighted by Gasteiger charge is 2.25. The third-order valence-corrected chi connectivity index (χ3v) is 8.98. The molecule has 0 saturated carbocycles. The Labute approximate surface area is 286 Å². The average Bonchev–Trinajstić information content (AvgIpc) is 3.06. The van der Waals surface area contributed by atoms with Gasteiger partial charge >= 0.3 is 0 Å². The van der Waals surface area contributed by atoms with Gasteiger partial charge in [0.2, 0.25) is 0 Å². The van der Waals surface area contributed by atoms with Crippen LogP contribution in [-0.4, -0.2) is 36.4 Å². The van der Waals surface area contributed by atoms with Crippen LogP contribution in [0.15, 0.2) is 24.3 Å². The third kappa shape index (κ3) is 32.6. The van der Waals surface area contributed by atoms with Gasteiger partial charge in [0, 0.05) is 19.4 Å². The molecule has 2 N–H and O–H groups in total. The van der Waals surface area contributed by atoms with Crippen molar-refractivity contribution in [2.24, 2.45) is 5.92 Å². The maximum absolute atomic E-state index is 13.1. The first-order chi connectivity index (χ1) is 22.7. The van der Waals surface area contributed by atoms with Gasteiger partial charge in [0.1, 0.15) is 11.6 Å². The largest absolute Gasteiger partial charge is 0.394 e. The van der Waals surface area contributed by atoms with Crippen LogP contribution in [0.25, 0.3) is 0 Å². The zero-order valence-corrected chi connectivity index (χ0v) is 30.7. The standard InChI is InChI=1S/C41H77NO4/c1-3-5-7-9-11-13-15-17-19-21-23-25-27-29-31-33-40(44)39(35-36-42-46-38-37-43)41(45)34-32-30-28-26-24-22-20-18-16-14-12-10-8-6-4-2/h17-20,39,42-43H,3-16,21-38H2,1-2H3/b19-17-,20-18-. The number of hydroxylamine groups is 1. The van der Waals surface area contributed by atoms with Crippen molar-refractivity contribution in [2.45, 2.75) is 200 Å². The lowest BCUT2D eigenvalue weighted by Gasteiger charge is -2.15. The van der Waals surface area contributed by atoms with E-state index in [-0.39, 0.29) is 24.8 Å². The van der Waals surface area contributed by atoms with Crippen LogP contribution in [0.2, 0.25) is 0 Å². The second-order valence-corrected chi connectivity index (χ2v) is 13.4. The number of hydrogen-bond donors (Lipinski definition) is 2. The van der Waals surface area contributed by atoms with Crippen molar-refractivity contribution in [3.8, 4) is 0 Å². The van der Waals surface area contributed by atoms with Gasteiger partial charge in [-0.05, 0) is 70.6 Å². The van der Waals surface area contributed by atoms with Crippen LogP contribution >= 0.6 is 0 Å². The molecular weight excluding hydrogens is 570 g/mol. The highest BCUT2D eigenvalue weighted by atomic mass is 16.6. The molecule has 0 aliphatic carbocycles. The minimum absolute atomic E-state index is 0.0563. The van der Waals surface area contributed by atoms with Crippen molar-refractivity contribution in [1.29, 1.82) is 0 Å². The van der Waals surface area contributed by atoms with E-state index in [1.165, 1.54) is 116 Å². The molecule has 46 heavy (non-hydrogen) atoms. The molecule has 0 aliphatic rings. The van der Waals surface area contributed by atoms with Gasteiger partial charge in [-0.1, -0.05) is 141 Å². The molecule has 5 nitrogen and oxygen atoms in total. The lowest BCUT2D eigenvalue weighted by atomic mass is 9.89. The Morgan fingerprint density at radius 2 is 0.891 bits per heavy atom. The quantitative estimate of drug-likeness (QED) is 0.0302. The van der Waals surface area contributed by atoms with Crippen LogP contribution in [-0.2, 0) is 14.4 Å². The highest BCUT2D eigenvalue weighted by molar-refractivity contribution is 6.02. The molecular formula is C41H77NO4. The predicted octanol–water partition coefficient (Wildman–Crippen LogP) is 11.7. The van der Waals surface area contributed by atoms with Crippen LogP contribution in [0, 0.1) is 5.92 Å². The van der Waals surface area contributed by atoms with E-state index in [2.05, 4.69) is 43.6 Å². The smallest absolute Gasteiger partial charge is 0.143 e. The Kier molecular flexibility index (Phi) is 37.1. The van der Waals surface area contributed by atoms with E-state index in [0.717, 1.165) is 51.4 Å². The maximum Gasteiger partial charge on any atom is 0.143 e. The number of allylic oxidation sites excluding steroid dienone is 4. The summed E-state index contributed by atoms with van der Waals surface area (Å²) in [6.45, 7) is 5.12. The summed E-state index contributed by atoms with van der Waals surface area (Å²) in [4.78, 5) is 31.2. The Morgan fingerprint density at radius 1 is 0.543 bits per heavy atom. The fraction of sp³-hybridized carbons (Fsp3) is 0.854. The minimum atomic E-state index is -0.529. The summed E-state index contributed by atoms with van der Waals surface area (Å²) in [6, 6.07) is 0. The van der Waals surface area contributed by atoms with Crippen molar-refractivity contribution in [1.82, 2.24) is 5.48 Å². The first-order valence-electron chi connectivity index (χ1n) is 20.0. The first-order valence-corrected chi connectivity index (χ1v) is 20.0. The Balaban J connectivity index is 4.06. The fourth-order valence-electron chi connectivity index (χ4n) is 5.98. The lowest BCUT2D eigenvalue weighted by Crippen LogP contribution is -2.29. The molecule has 0 aliphatic heterocycles. The maximum atomic E-state index is 13.1. The highest BCUT2D eigenvalue weighted by Crippen LogP contribution is 2.18.